The molecule has 3 aliphatic heterocycles. The van der Waals surface area contributed by atoms with Gasteiger partial charge in [-0.2, -0.15) is 0 Å². The van der Waals surface area contributed by atoms with E-state index in [2.05, 4.69) is 6.92 Å². The number of nitrogens with zero attached hydrogens (tertiary/aromatic N) is 1. The van der Waals surface area contributed by atoms with Crippen LogP contribution in [-0.4, -0.2) is 147 Å². The molecule has 0 aliphatic carbocycles. The van der Waals surface area contributed by atoms with Gasteiger partial charge in [0.25, 0.3) is 0 Å². The molecule has 14 heteroatoms. The highest BCUT2D eigenvalue weighted by Gasteiger charge is 2.47. The quantitative estimate of drug-likeness (QED) is 0.207. The number of esters is 1. The second-order valence-electron chi connectivity index (χ2n) is 15.7. The first-order chi connectivity index (χ1) is 25.1. The van der Waals surface area contributed by atoms with Crippen LogP contribution in [0.15, 0.2) is 12.2 Å². The third kappa shape index (κ3) is 12.1. The number of carbonyl (C=O) groups is 3. The van der Waals surface area contributed by atoms with Crippen molar-refractivity contribution in [1.29, 1.82) is 0 Å². The fourth-order valence-corrected chi connectivity index (χ4v) is 8.12. The zero-order valence-corrected chi connectivity index (χ0v) is 33.4. The van der Waals surface area contributed by atoms with Gasteiger partial charge in [0.05, 0.1) is 37.1 Å². The lowest BCUT2D eigenvalue weighted by molar-refractivity contribution is -0.305. The number of aldehydes is 1. The standard InChI is InChI=1S/C39H67NO13/c1-11-29-27(20-49-39-37(48-10)36(47-9)33(45)25(6)51-39)18-21(2)12-14-28(42)23(4)19-26(16-17-41)35(22(3)13-15-30(43)52-29)53-38-34(46)31(40(7)8)32(44)24(5)50-38/h13,15,17,21-27,29,31-39,44-46H,11-12,14,16,18-20H2,1-10H3/b15-13-/t21?,22?,23?,24-,25-,26?,27?,29?,31+,32-,33-,34-,35?,36-,37+,38+,39-/m1/s1. The zero-order chi connectivity index (χ0) is 39.6. The summed E-state index contributed by atoms with van der Waals surface area (Å²) in [5.41, 5.74) is 0. The van der Waals surface area contributed by atoms with E-state index in [0.717, 1.165) is 6.29 Å². The molecular weight excluding hydrogens is 690 g/mol. The highest BCUT2D eigenvalue weighted by atomic mass is 16.7. The Morgan fingerprint density at radius 3 is 2.11 bits per heavy atom. The van der Waals surface area contributed by atoms with Gasteiger partial charge >= 0.3 is 5.97 Å². The minimum absolute atomic E-state index is 0.0720. The van der Waals surface area contributed by atoms with Gasteiger partial charge in [0.1, 0.15) is 42.6 Å². The lowest BCUT2D eigenvalue weighted by atomic mass is 9.80. The number of methoxy groups -OCH3 is 2. The molecule has 0 aromatic heterocycles. The number of Topliss-reactive ketones (excluding diaryl/α,β-unsaturated/α-hetero) is 1. The number of rotatable bonds is 11. The molecule has 306 valence electrons. The van der Waals surface area contributed by atoms with Gasteiger partial charge in [0.15, 0.2) is 12.6 Å². The molecule has 0 spiro atoms. The number of ketones is 1. The SMILES string of the molecule is CCC1OC(=O)/C=C\C(C)C(O[C@@H]2O[C@H](C)[C@@H](O)[C@H](N(C)C)[C@H]2O)C(CC=O)CC(C)C(=O)CCC(C)CC1CO[C@@H]1O[C@H](C)[C@@H](O)[C@@H](OC)[C@@H]1OC. The molecule has 0 aromatic rings. The van der Waals surface area contributed by atoms with E-state index < -0.39 is 91.4 Å². The molecule has 3 rings (SSSR count). The normalized spacial score (nSPS) is 43.3. The van der Waals surface area contributed by atoms with Gasteiger partial charge in [-0.25, -0.2) is 4.79 Å². The van der Waals surface area contributed by atoms with Gasteiger partial charge in [-0.1, -0.05) is 33.8 Å². The van der Waals surface area contributed by atoms with E-state index in [1.807, 2.05) is 20.8 Å². The first kappa shape index (κ1) is 45.5. The summed E-state index contributed by atoms with van der Waals surface area (Å²) >= 11 is 0. The van der Waals surface area contributed by atoms with E-state index in [1.54, 1.807) is 38.9 Å². The third-order valence-corrected chi connectivity index (χ3v) is 11.4. The summed E-state index contributed by atoms with van der Waals surface area (Å²) < 4.78 is 42.0. The summed E-state index contributed by atoms with van der Waals surface area (Å²) in [7, 11) is 6.50. The van der Waals surface area contributed by atoms with Crippen LogP contribution in [0.2, 0.25) is 0 Å². The van der Waals surface area contributed by atoms with Gasteiger partial charge < -0.3 is 58.2 Å². The maximum atomic E-state index is 13.6. The Morgan fingerprint density at radius 1 is 0.868 bits per heavy atom. The number of ether oxygens (including phenoxy) is 7. The molecule has 3 heterocycles. The van der Waals surface area contributed by atoms with Crippen LogP contribution in [0.4, 0.5) is 0 Å². The Labute approximate surface area is 315 Å². The van der Waals surface area contributed by atoms with Crippen LogP contribution in [0, 0.1) is 29.6 Å². The summed E-state index contributed by atoms with van der Waals surface area (Å²) in [5.74, 6) is -1.96. The van der Waals surface area contributed by atoms with Crippen molar-refractivity contribution in [2.75, 3.05) is 34.9 Å². The Kier molecular flexibility index (Phi) is 18.4. The van der Waals surface area contributed by atoms with Crippen LogP contribution >= 0.6 is 0 Å². The molecule has 3 N–H and O–H groups in total. The highest BCUT2D eigenvalue weighted by molar-refractivity contribution is 5.82. The van der Waals surface area contributed by atoms with E-state index in [4.69, 9.17) is 33.2 Å². The summed E-state index contributed by atoms with van der Waals surface area (Å²) in [4.78, 5) is 40.8. The molecular formula is C39H67NO13. The summed E-state index contributed by atoms with van der Waals surface area (Å²) in [6.07, 6.45) is -2.61. The van der Waals surface area contributed by atoms with Crippen LogP contribution in [-0.2, 0) is 47.5 Å². The van der Waals surface area contributed by atoms with Crippen molar-refractivity contribution in [2.45, 2.75) is 154 Å². The van der Waals surface area contributed by atoms with Crippen LogP contribution in [0.5, 0.6) is 0 Å². The largest absolute Gasteiger partial charge is 0.459 e. The molecule has 2 saturated heterocycles. The van der Waals surface area contributed by atoms with Crippen LogP contribution in [0.1, 0.15) is 80.1 Å². The average molecular weight is 758 g/mol. The van der Waals surface area contributed by atoms with Crippen molar-refractivity contribution in [3.63, 3.8) is 0 Å². The second kappa shape index (κ2) is 21.5. The van der Waals surface area contributed by atoms with E-state index >= 15 is 0 Å². The monoisotopic (exact) mass is 757 g/mol. The summed E-state index contributed by atoms with van der Waals surface area (Å²) in [5, 5.41) is 32.7. The number of aliphatic hydroxyl groups is 3. The van der Waals surface area contributed by atoms with Crippen molar-refractivity contribution in [1.82, 2.24) is 4.90 Å². The number of hydrogen-bond donors (Lipinski definition) is 3. The molecule has 17 atom stereocenters. The highest BCUT2D eigenvalue weighted by Crippen LogP contribution is 2.34. The summed E-state index contributed by atoms with van der Waals surface area (Å²) in [6, 6.07) is -0.674. The van der Waals surface area contributed by atoms with E-state index in [1.165, 1.54) is 20.3 Å². The Morgan fingerprint density at radius 2 is 1.51 bits per heavy atom. The molecule has 7 unspecified atom stereocenters. The molecule has 0 bridgehead atoms. The average Bonchev–Trinajstić information content (AvgIpc) is 3.11. The van der Waals surface area contributed by atoms with Crippen molar-refractivity contribution in [3.8, 4) is 0 Å². The number of likely N-dealkylation sites (N-methyl/N-ethyl adjacent to an activating group) is 1. The smallest absolute Gasteiger partial charge is 0.330 e. The molecule has 53 heavy (non-hydrogen) atoms. The molecule has 0 aromatic carbocycles. The maximum Gasteiger partial charge on any atom is 0.330 e. The molecule has 0 radical (unpaired) electrons. The fraction of sp³-hybridized carbons (Fsp3) is 0.872. The van der Waals surface area contributed by atoms with Crippen molar-refractivity contribution in [2.24, 2.45) is 29.6 Å². The van der Waals surface area contributed by atoms with Gasteiger partial charge in [-0.3, -0.25) is 4.79 Å². The predicted molar refractivity (Wildman–Crippen MR) is 195 cm³/mol. The van der Waals surface area contributed by atoms with Crippen molar-refractivity contribution >= 4 is 18.0 Å². The first-order valence-electron chi connectivity index (χ1n) is 19.3. The fourth-order valence-electron chi connectivity index (χ4n) is 8.12. The van der Waals surface area contributed by atoms with Crippen LogP contribution in [0.3, 0.4) is 0 Å². The van der Waals surface area contributed by atoms with Crippen LogP contribution < -0.4 is 0 Å². The van der Waals surface area contributed by atoms with Gasteiger partial charge in [-0.15, -0.1) is 0 Å². The lowest BCUT2D eigenvalue weighted by Gasteiger charge is -2.46. The number of hydrogen-bond acceptors (Lipinski definition) is 14. The number of aliphatic hydroxyl groups excluding tert-OH is 3. The van der Waals surface area contributed by atoms with E-state index in [9.17, 15) is 29.7 Å². The molecule has 0 amide bonds. The third-order valence-electron chi connectivity index (χ3n) is 11.4. The zero-order valence-electron chi connectivity index (χ0n) is 33.4. The summed E-state index contributed by atoms with van der Waals surface area (Å²) in [6.45, 7) is 11.3. The predicted octanol–water partition coefficient (Wildman–Crippen LogP) is 2.67. The molecule has 14 nitrogen and oxygen atoms in total. The molecule has 3 aliphatic rings. The Hall–Kier alpha value is -1.85. The number of carbonyl (C=O) groups excluding carboxylic acids is 3. The second-order valence-corrected chi connectivity index (χ2v) is 15.7. The first-order valence-corrected chi connectivity index (χ1v) is 19.3. The number of cyclic esters (lactones) is 1. The van der Waals surface area contributed by atoms with Crippen LogP contribution in [0.25, 0.3) is 0 Å². The minimum atomic E-state index is -1.22. The van der Waals surface area contributed by atoms with Gasteiger partial charge in [0, 0.05) is 50.9 Å². The topological polar surface area (TPSA) is 180 Å². The Balaban J connectivity index is 1.91. The molecule has 0 saturated carbocycles. The lowest BCUT2D eigenvalue weighted by Crippen LogP contribution is -2.63. The van der Waals surface area contributed by atoms with Crippen molar-refractivity contribution in [3.05, 3.63) is 12.2 Å². The van der Waals surface area contributed by atoms with E-state index in [-0.39, 0.29) is 36.6 Å². The van der Waals surface area contributed by atoms with Gasteiger partial charge in [-0.05, 0) is 65.5 Å². The molecule has 2 fully saturated rings. The maximum absolute atomic E-state index is 13.6. The Bertz CT molecular complexity index is 1170. The van der Waals surface area contributed by atoms with Gasteiger partial charge in [0.2, 0.25) is 0 Å². The minimum Gasteiger partial charge on any atom is -0.459 e. The van der Waals surface area contributed by atoms with E-state index in [0.29, 0.717) is 32.1 Å². The van der Waals surface area contributed by atoms with Crippen molar-refractivity contribution < 1.29 is 62.9 Å².